The van der Waals surface area contributed by atoms with E-state index in [2.05, 4.69) is 32.3 Å². The first-order chi connectivity index (χ1) is 8.70. The monoisotopic (exact) mass is 265 g/mol. The quantitative estimate of drug-likeness (QED) is 0.791. The summed E-state index contributed by atoms with van der Waals surface area (Å²) in [5.41, 5.74) is 1.47. The maximum absolute atomic E-state index is 3.52. The van der Waals surface area contributed by atoms with E-state index in [0.29, 0.717) is 6.04 Å². The van der Waals surface area contributed by atoms with Gasteiger partial charge in [-0.15, -0.1) is 11.3 Å². The lowest BCUT2D eigenvalue weighted by molar-refractivity contribution is 0.318. The zero-order valence-corrected chi connectivity index (χ0v) is 12.9. The van der Waals surface area contributed by atoms with Gasteiger partial charge in [0.15, 0.2) is 0 Å². The second kappa shape index (κ2) is 6.72. The molecule has 0 amide bonds. The average molecular weight is 265 g/mol. The molecule has 1 fully saturated rings. The summed E-state index contributed by atoms with van der Waals surface area (Å²) in [6.45, 7) is 4.47. The van der Waals surface area contributed by atoms with Gasteiger partial charge in [-0.05, 0) is 51.3 Å². The van der Waals surface area contributed by atoms with Crippen LogP contribution in [0.3, 0.4) is 0 Å². The van der Waals surface area contributed by atoms with Crippen LogP contribution in [0.1, 0.15) is 66.3 Å². The van der Waals surface area contributed by atoms with Crippen molar-refractivity contribution in [2.75, 3.05) is 7.05 Å². The number of thiophene rings is 1. The molecule has 1 aliphatic carbocycles. The van der Waals surface area contributed by atoms with E-state index in [4.69, 9.17) is 0 Å². The third-order valence-electron chi connectivity index (χ3n) is 4.33. The molecule has 1 N–H and O–H groups in total. The van der Waals surface area contributed by atoms with Crippen LogP contribution in [0, 0.1) is 19.8 Å². The average Bonchev–Trinajstić information content (AvgIpc) is 2.71. The fourth-order valence-corrected chi connectivity index (χ4v) is 4.47. The molecule has 0 radical (unpaired) electrons. The summed E-state index contributed by atoms with van der Waals surface area (Å²) < 4.78 is 0. The van der Waals surface area contributed by atoms with Crippen molar-refractivity contribution in [3.8, 4) is 0 Å². The largest absolute Gasteiger partial charge is 0.312 e. The van der Waals surface area contributed by atoms with E-state index in [1.807, 2.05) is 11.3 Å². The first-order valence-electron chi connectivity index (χ1n) is 7.45. The van der Waals surface area contributed by atoms with Crippen LogP contribution in [0.25, 0.3) is 0 Å². The Hall–Kier alpha value is -0.340. The first kappa shape index (κ1) is 14.1. The second-order valence-electron chi connectivity index (χ2n) is 5.83. The van der Waals surface area contributed by atoms with Crippen molar-refractivity contribution in [3.63, 3.8) is 0 Å². The third kappa shape index (κ3) is 3.58. The van der Waals surface area contributed by atoms with Gasteiger partial charge in [0.2, 0.25) is 0 Å². The number of rotatable bonds is 5. The third-order valence-corrected chi connectivity index (χ3v) is 5.60. The highest BCUT2D eigenvalue weighted by Crippen LogP contribution is 2.33. The number of aryl methyl sites for hydroxylation is 2. The van der Waals surface area contributed by atoms with Crippen LogP contribution in [-0.2, 0) is 0 Å². The number of hydrogen-bond acceptors (Lipinski definition) is 2. The fraction of sp³-hybridized carbons (Fsp3) is 0.750. The summed E-state index contributed by atoms with van der Waals surface area (Å²) in [5, 5.41) is 3.52. The molecule has 1 unspecified atom stereocenters. The molecule has 0 aliphatic heterocycles. The van der Waals surface area contributed by atoms with Gasteiger partial charge in [0.1, 0.15) is 0 Å². The fourth-order valence-electron chi connectivity index (χ4n) is 3.29. The Balaban J connectivity index is 1.90. The SMILES string of the molecule is CNC(CCC1CCCCC1)c1sc(C)cc1C. The molecule has 18 heavy (non-hydrogen) atoms. The van der Waals surface area contributed by atoms with Gasteiger partial charge in [0.25, 0.3) is 0 Å². The molecule has 1 aromatic rings. The molecule has 0 saturated heterocycles. The minimum Gasteiger partial charge on any atom is -0.312 e. The van der Waals surface area contributed by atoms with Crippen LogP contribution in [0.5, 0.6) is 0 Å². The van der Waals surface area contributed by atoms with E-state index in [9.17, 15) is 0 Å². The maximum atomic E-state index is 3.52. The summed E-state index contributed by atoms with van der Waals surface area (Å²) in [5.74, 6) is 0.996. The minimum atomic E-state index is 0.575. The van der Waals surface area contributed by atoms with Crippen molar-refractivity contribution >= 4 is 11.3 Å². The minimum absolute atomic E-state index is 0.575. The molecule has 1 saturated carbocycles. The van der Waals surface area contributed by atoms with Crippen LogP contribution >= 0.6 is 11.3 Å². The topological polar surface area (TPSA) is 12.0 Å². The highest BCUT2D eigenvalue weighted by molar-refractivity contribution is 7.12. The molecule has 1 heterocycles. The molecule has 1 aromatic heterocycles. The van der Waals surface area contributed by atoms with Crippen molar-refractivity contribution in [2.24, 2.45) is 5.92 Å². The van der Waals surface area contributed by atoms with Crippen LogP contribution in [-0.4, -0.2) is 7.05 Å². The molecule has 0 bridgehead atoms. The Morgan fingerprint density at radius 1 is 1.28 bits per heavy atom. The number of hydrogen-bond donors (Lipinski definition) is 1. The van der Waals surface area contributed by atoms with Crippen molar-refractivity contribution in [3.05, 3.63) is 21.4 Å². The Labute approximate surface area is 116 Å². The Bertz CT molecular complexity index is 363. The second-order valence-corrected chi connectivity index (χ2v) is 7.11. The molecule has 2 rings (SSSR count). The smallest absolute Gasteiger partial charge is 0.0415 e. The van der Waals surface area contributed by atoms with Gasteiger partial charge in [0, 0.05) is 15.8 Å². The number of nitrogens with one attached hydrogen (secondary N) is 1. The maximum Gasteiger partial charge on any atom is 0.0415 e. The van der Waals surface area contributed by atoms with Crippen LogP contribution in [0.4, 0.5) is 0 Å². The van der Waals surface area contributed by atoms with Crippen LogP contribution in [0.2, 0.25) is 0 Å². The lowest BCUT2D eigenvalue weighted by atomic mass is 9.85. The summed E-state index contributed by atoms with van der Waals surface area (Å²) >= 11 is 1.97. The van der Waals surface area contributed by atoms with Crippen molar-refractivity contribution < 1.29 is 0 Å². The lowest BCUT2D eigenvalue weighted by Crippen LogP contribution is -2.18. The zero-order valence-electron chi connectivity index (χ0n) is 12.1. The molecule has 0 aromatic carbocycles. The molecule has 1 aliphatic rings. The van der Waals surface area contributed by atoms with E-state index < -0.39 is 0 Å². The van der Waals surface area contributed by atoms with Crippen molar-refractivity contribution in [2.45, 2.75) is 64.8 Å². The van der Waals surface area contributed by atoms with Gasteiger partial charge in [-0.25, -0.2) is 0 Å². The molecule has 0 spiro atoms. The normalized spacial score (nSPS) is 19.1. The molecule has 1 nitrogen and oxygen atoms in total. The summed E-state index contributed by atoms with van der Waals surface area (Å²) in [6.07, 6.45) is 10.1. The van der Waals surface area contributed by atoms with Gasteiger partial charge < -0.3 is 5.32 Å². The lowest BCUT2D eigenvalue weighted by Gasteiger charge is -2.24. The highest BCUT2D eigenvalue weighted by atomic mass is 32.1. The van der Waals surface area contributed by atoms with E-state index in [1.165, 1.54) is 55.4 Å². The van der Waals surface area contributed by atoms with E-state index in [1.54, 1.807) is 4.88 Å². The molecule has 1 atom stereocenters. The molecule has 102 valence electrons. The summed E-state index contributed by atoms with van der Waals surface area (Å²) in [6, 6.07) is 2.90. The van der Waals surface area contributed by atoms with E-state index >= 15 is 0 Å². The summed E-state index contributed by atoms with van der Waals surface area (Å²) in [7, 11) is 2.11. The Morgan fingerprint density at radius 3 is 2.56 bits per heavy atom. The van der Waals surface area contributed by atoms with Crippen molar-refractivity contribution in [1.82, 2.24) is 5.32 Å². The van der Waals surface area contributed by atoms with Crippen LogP contribution < -0.4 is 5.32 Å². The van der Waals surface area contributed by atoms with E-state index in [0.717, 1.165) is 5.92 Å². The Morgan fingerprint density at radius 2 is 2.00 bits per heavy atom. The Kier molecular flexibility index (Phi) is 5.25. The van der Waals surface area contributed by atoms with Gasteiger partial charge in [-0.1, -0.05) is 32.1 Å². The first-order valence-corrected chi connectivity index (χ1v) is 8.26. The molecular formula is C16H27NS. The van der Waals surface area contributed by atoms with Gasteiger partial charge >= 0.3 is 0 Å². The standard InChI is InChI=1S/C16H27NS/c1-12-11-13(2)18-16(12)15(17-3)10-9-14-7-5-4-6-8-14/h11,14-15,17H,4-10H2,1-3H3. The van der Waals surface area contributed by atoms with Gasteiger partial charge in [-0.2, -0.15) is 0 Å². The van der Waals surface area contributed by atoms with Crippen LogP contribution in [0.15, 0.2) is 6.07 Å². The molecule has 2 heteroatoms. The van der Waals surface area contributed by atoms with Gasteiger partial charge in [0.05, 0.1) is 0 Å². The zero-order chi connectivity index (χ0) is 13.0. The van der Waals surface area contributed by atoms with Gasteiger partial charge in [-0.3, -0.25) is 0 Å². The predicted molar refractivity (Wildman–Crippen MR) is 81.4 cm³/mol. The summed E-state index contributed by atoms with van der Waals surface area (Å²) in [4.78, 5) is 3.01. The van der Waals surface area contributed by atoms with E-state index in [-0.39, 0.29) is 0 Å². The molecular weight excluding hydrogens is 238 g/mol. The van der Waals surface area contributed by atoms with Crippen molar-refractivity contribution in [1.29, 1.82) is 0 Å². The highest BCUT2D eigenvalue weighted by Gasteiger charge is 2.18. The predicted octanol–water partition coefficient (Wildman–Crippen LogP) is 4.99.